The maximum atomic E-state index is 12.4. The Hall–Kier alpha value is -4.51. The van der Waals surface area contributed by atoms with E-state index in [-0.39, 0.29) is 18.0 Å². The summed E-state index contributed by atoms with van der Waals surface area (Å²) in [5, 5.41) is 9.97. The summed E-state index contributed by atoms with van der Waals surface area (Å²) in [6.07, 6.45) is 5.92. The average molecular weight is 507 g/mol. The first-order chi connectivity index (χ1) is 18.4. The predicted octanol–water partition coefficient (Wildman–Crippen LogP) is 5.07. The fraction of sp³-hybridized carbons (Fsp3) is 0.300. The van der Waals surface area contributed by atoms with Crippen LogP contribution in [0.3, 0.4) is 0 Å². The number of benzene rings is 1. The molecule has 4 heterocycles. The van der Waals surface area contributed by atoms with E-state index < -0.39 is 0 Å². The predicted molar refractivity (Wildman–Crippen MR) is 148 cm³/mol. The van der Waals surface area contributed by atoms with Gasteiger partial charge in [0.05, 0.1) is 24.4 Å². The third-order valence-electron chi connectivity index (χ3n) is 7.12. The van der Waals surface area contributed by atoms with Crippen LogP contribution in [0.25, 0.3) is 33.3 Å². The molecule has 1 fully saturated rings. The molecular weight excluding hydrogens is 476 g/mol. The van der Waals surface area contributed by atoms with E-state index in [2.05, 4.69) is 29.8 Å². The van der Waals surface area contributed by atoms with Crippen molar-refractivity contribution in [1.29, 1.82) is 5.26 Å². The van der Waals surface area contributed by atoms with E-state index >= 15 is 0 Å². The van der Waals surface area contributed by atoms with E-state index in [9.17, 15) is 4.79 Å². The zero-order valence-electron chi connectivity index (χ0n) is 22.0. The molecule has 1 aromatic carbocycles. The van der Waals surface area contributed by atoms with Crippen molar-refractivity contribution in [3.8, 4) is 34.2 Å². The number of anilines is 1. The number of rotatable bonds is 5. The minimum atomic E-state index is 0.122. The lowest BCUT2D eigenvalue weighted by Gasteiger charge is -2.45. The molecule has 8 nitrogen and oxygen atoms in total. The van der Waals surface area contributed by atoms with Crippen LogP contribution in [-0.4, -0.2) is 58.0 Å². The lowest BCUT2D eigenvalue weighted by atomic mass is 10.0. The van der Waals surface area contributed by atoms with Gasteiger partial charge >= 0.3 is 0 Å². The molecule has 1 aliphatic rings. The molecule has 0 unspecified atom stereocenters. The van der Waals surface area contributed by atoms with E-state index in [1.165, 1.54) is 0 Å². The highest BCUT2D eigenvalue weighted by Gasteiger charge is 2.32. The first kappa shape index (κ1) is 25.2. The molecule has 0 aliphatic carbocycles. The molecule has 3 aromatic heterocycles. The second-order valence-electron chi connectivity index (χ2n) is 9.61. The summed E-state index contributed by atoms with van der Waals surface area (Å²) in [7, 11) is 1.65. The highest BCUT2D eigenvalue weighted by Crippen LogP contribution is 2.38. The fourth-order valence-electron chi connectivity index (χ4n) is 5.36. The van der Waals surface area contributed by atoms with Crippen LogP contribution >= 0.6 is 0 Å². The third-order valence-corrected chi connectivity index (χ3v) is 7.12. The Kier molecular flexibility index (Phi) is 6.93. The Labute approximate surface area is 222 Å². The number of carbonyl (C=O) groups is 1. The summed E-state index contributed by atoms with van der Waals surface area (Å²) in [5.41, 5.74) is 4.68. The van der Waals surface area contributed by atoms with Gasteiger partial charge in [0.1, 0.15) is 17.1 Å². The number of pyridine rings is 3. The lowest BCUT2D eigenvalue weighted by Crippen LogP contribution is -2.58. The minimum Gasteiger partial charge on any atom is -0.495 e. The van der Waals surface area contributed by atoms with Crippen molar-refractivity contribution in [2.45, 2.75) is 39.3 Å². The van der Waals surface area contributed by atoms with Crippen LogP contribution in [0.2, 0.25) is 0 Å². The number of fused-ring (bicyclic) bond motifs is 1. The molecule has 8 heteroatoms. The molecule has 4 aromatic rings. The molecule has 2 atom stereocenters. The number of ether oxygens (including phenoxy) is 1. The van der Waals surface area contributed by atoms with Crippen molar-refractivity contribution in [1.82, 2.24) is 19.9 Å². The third kappa shape index (κ3) is 4.52. The van der Waals surface area contributed by atoms with Gasteiger partial charge in [-0.1, -0.05) is 19.1 Å². The van der Waals surface area contributed by atoms with Crippen LogP contribution < -0.4 is 9.64 Å². The van der Waals surface area contributed by atoms with Crippen LogP contribution in [0.5, 0.6) is 5.75 Å². The molecule has 1 saturated heterocycles. The smallest absolute Gasteiger partial charge is 0.222 e. The van der Waals surface area contributed by atoms with Crippen molar-refractivity contribution >= 4 is 22.6 Å². The summed E-state index contributed by atoms with van der Waals surface area (Å²) < 4.78 is 5.87. The summed E-state index contributed by atoms with van der Waals surface area (Å²) in [5.74, 6) is 1.79. The fourth-order valence-corrected chi connectivity index (χ4v) is 5.36. The zero-order chi connectivity index (χ0) is 26.8. The monoisotopic (exact) mass is 506 g/mol. The van der Waals surface area contributed by atoms with Crippen LogP contribution in [0.4, 0.5) is 5.82 Å². The number of hydrogen-bond acceptors (Lipinski definition) is 7. The van der Waals surface area contributed by atoms with E-state index in [0.717, 1.165) is 52.2 Å². The number of amides is 1. The topological polar surface area (TPSA) is 95.2 Å². The standard InChI is InChI=1S/C30H30N6O2/c1-5-27(37)36-19(2)17-35(18-20(36)3)26-11-10-23(15-33-26)25-16-34-29-24(30(25)38-4)12-13-32-28(29)22-8-6-21(14-31)7-9-22/h6-13,15-16,19-20H,5,17-18H2,1-4H3/t19-,20+. The number of piperazine rings is 1. The molecular formula is C30H30N6O2. The summed E-state index contributed by atoms with van der Waals surface area (Å²) in [6.45, 7) is 7.59. The van der Waals surface area contributed by atoms with E-state index in [1.54, 1.807) is 31.6 Å². The van der Waals surface area contributed by atoms with Crippen LogP contribution in [0.15, 0.2) is 61.1 Å². The van der Waals surface area contributed by atoms with E-state index in [4.69, 9.17) is 20.0 Å². The van der Waals surface area contributed by atoms with Crippen molar-refractivity contribution < 1.29 is 9.53 Å². The van der Waals surface area contributed by atoms with E-state index in [0.29, 0.717) is 17.7 Å². The number of aromatic nitrogens is 3. The second kappa shape index (κ2) is 10.5. The van der Waals surface area contributed by atoms with Crippen molar-refractivity contribution in [3.05, 3.63) is 66.6 Å². The van der Waals surface area contributed by atoms with Crippen LogP contribution in [-0.2, 0) is 4.79 Å². The highest BCUT2D eigenvalue weighted by molar-refractivity contribution is 5.98. The van der Waals surface area contributed by atoms with Crippen molar-refractivity contribution in [2.24, 2.45) is 0 Å². The number of nitriles is 1. The molecule has 5 rings (SSSR count). The number of methoxy groups -OCH3 is 1. The van der Waals surface area contributed by atoms with Gasteiger partial charge in [0.2, 0.25) is 5.91 Å². The Morgan fingerprint density at radius 2 is 1.71 bits per heavy atom. The van der Waals surface area contributed by atoms with Crippen LogP contribution in [0.1, 0.15) is 32.8 Å². The largest absolute Gasteiger partial charge is 0.495 e. The Morgan fingerprint density at radius 1 is 1.00 bits per heavy atom. The SMILES string of the molecule is CCC(=O)N1[C@H](C)CN(c2ccc(-c3cnc4c(-c5ccc(C#N)cc5)nccc4c3OC)cn2)C[C@@H]1C. The number of hydrogen-bond donors (Lipinski definition) is 0. The summed E-state index contributed by atoms with van der Waals surface area (Å²) in [6, 6.07) is 15.7. The van der Waals surface area contributed by atoms with Gasteiger partial charge in [0, 0.05) is 72.3 Å². The molecule has 0 N–H and O–H groups in total. The summed E-state index contributed by atoms with van der Waals surface area (Å²) >= 11 is 0. The lowest BCUT2D eigenvalue weighted by molar-refractivity contribution is -0.135. The Balaban J connectivity index is 1.45. The Bertz CT molecular complexity index is 1500. The molecule has 38 heavy (non-hydrogen) atoms. The van der Waals surface area contributed by atoms with Gasteiger partial charge in [0.25, 0.3) is 0 Å². The van der Waals surface area contributed by atoms with Gasteiger partial charge in [-0.25, -0.2) is 4.98 Å². The molecule has 0 saturated carbocycles. The van der Waals surface area contributed by atoms with Crippen molar-refractivity contribution in [3.63, 3.8) is 0 Å². The summed E-state index contributed by atoms with van der Waals surface area (Å²) in [4.78, 5) is 30.7. The van der Waals surface area contributed by atoms with Gasteiger partial charge in [-0.3, -0.25) is 14.8 Å². The molecule has 0 bridgehead atoms. The molecule has 0 spiro atoms. The molecule has 1 amide bonds. The minimum absolute atomic E-state index is 0.122. The quantitative estimate of drug-likeness (QED) is 0.373. The van der Waals surface area contributed by atoms with Gasteiger partial charge in [-0.2, -0.15) is 5.26 Å². The van der Waals surface area contributed by atoms with Gasteiger partial charge < -0.3 is 14.5 Å². The number of carbonyl (C=O) groups excluding carboxylic acids is 1. The Morgan fingerprint density at radius 3 is 2.32 bits per heavy atom. The first-order valence-electron chi connectivity index (χ1n) is 12.8. The maximum absolute atomic E-state index is 12.4. The highest BCUT2D eigenvalue weighted by atomic mass is 16.5. The zero-order valence-corrected chi connectivity index (χ0v) is 22.0. The van der Waals surface area contributed by atoms with Gasteiger partial charge in [-0.05, 0) is 44.2 Å². The normalized spacial score (nSPS) is 17.3. The number of nitrogens with zero attached hydrogens (tertiary/aromatic N) is 6. The average Bonchev–Trinajstić information content (AvgIpc) is 2.95. The van der Waals surface area contributed by atoms with Crippen LogP contribution in [0, 0.1) is 11.3 Å². The maximum Gasteiger partial charge on any atom is 0.222 e. The van der Waals surface area contributed by atoms with Gasteiger partial charge in [0.15, 0.2) is 0 Å². The van der Waals surface area contributed by atoms with Gasteiger partial charge in [-0.15, -0.1) is 0 Å². The van der Waals surface area contributed by atoms with Crippen molar-refractivity contribution in [2.75, 3.05) is 25.1 Å². The molecule has 192 valence electrons. The molecule has 1 aliphatic heterocycles. The van der Waals surface area contributed by atoms with E-state index in [1.807, 2.05) is 48.4 Å². The first-order valence-corrected chi connectivity index (χ1v) is 12.8. The second-order valence-corrected chi connectivity index (χ2v) is 9.61. The molecule has 0 radical (unpaired) electrons.